The van der Waals surface area contributed by atoms with Crippen molar-refractivity contribution < 1.29 is 33.3 Å². The van der Waals surface area contributed by atoms with Crippen LogP contribution in [-0.4, -0.2) is 40.5 Å². The summed E-state index contributed by atoms with van der Waals surface area (Å²) >= 11 is 0. The highest BCUT2D eigenvalue weighted by molar-refractivity contribution is 5.89. The molecule has 4 heterocycles. The van der Waals surface area contributed by atoms with Gasteiger partial charge in [0.15, 0.2) is 6.29 Å². The van der Waals surface area contributed by atoms with Crippen molar-refractivity contribution in [1.29, 1.82) is 5.26 Å². The molecule has 0 amide bonds. The van der Waals surface area contributed by atoms with Crippen molar-refractivity contribution in [2.24, 2.45) is 22.7 Å². The number of carbonyl (C=O) groups is 1. The lowest BCUT2D eigenvalue weighted by molar-refractivity contribution is -0.330. The number of aryl methyl sites for hydroxylation is 2. The van der Waals surface area contributed by atoms with Crippen molar-refractivity contribution in [2.45, 2.75) is 84.1 Å². The number of nitriles is 1. The number of ether oxygens (including phenoxy) is 4. The van der Waals surface area contributed by atoms with E-state index in [1.54, 1.807) is 54.9 Å². The fraction of sp³-hybridized carbons (Fsp3) is 0.429. The van der Waals surface area contributed by atoms with Crippen LogP contribution in [0.4, 0.5) is 0 Å². The minimum absolute atomic E-state index is 0.0488. The minimum Gasteiger partial charge on any atom is -0.482 e. The van der Waals surface area contributed by atoms with Crippen LogP contribution in [0, 0.1) is 47.8 Å². The maximum Gasteiger partial charge on any atom is 0.345 e. The molecule has 10 nitrogen and oxygen atoms in total. The average molecular weight is 703 g/mol. The lowest BCUT2D eigenvalue weighted by Gasteiger charge is -2.67. The van der Waals surface area contributed by atoms with E-state index in [9.17, 15) is 20.0 Å². The van der Waals surface area contributed by atoms with Gasteiger partial charge < -0.3 is 28.5 Å². The van der Waals surface area contributed by atoms with E-state index in [2.05, 4.69) is 50.9 Å². The van der Waals surface area contributed by atoms with Crippen molar-refractivity contribution in [3.63, 3.8) is 0 Å². The number of rotatable bonds is 4. The maximum absolute atomic E-state index is 13.9. The van der Waals surface area contributed by atoms with Gasteiger partial charge in [-0.05, 0) is 98.9 Å². The fourth-order valence-corrected chi connectivity index (χ4v) is 10.1. The zero-order chi connectivity index (χ0) is 36.6. The SMILES string of the molecule is Cc1cccc(C)c1[C@@H]1OCC2(C)C3C[C@H](OC(=O)c4ccc(C#N)cc4)[C@@]4(C)Oc5cc(-c6cccnc6)oc(=O)c5[C@H](O)C4[C@@]3(C)CC[C@@H]2O1. The molecule has 4 aromatic rings. The Hall–Kier alpha value is -4.82. The fourth-order valence-electron chi connectivity index (χ4n) is 10.1. The molecule has 3 unspecified atom stereocenters. The molecule has 9 atom stereocenters. The number of nitrogens with zero attached hydrogens (tertiary/aromatic N) is 2. The molecule has 0 radical (unpaired) electrons. The summed E-state index contributed by atoms with van der Waals surface area (Å²) in [5.41, 5.74) is 1.51. The van der Waals surface area contributed by atoms with Crippen LogP contribution in [0.15, 0.2) is 82.3 Å². The first kappa shape index (κ1) is 34.3. The summed E-state index contributed by atoms with van der Waals surface area (Å²) in [6, 6.07) is 19.6. The predicted octanol–water partition coefficient (Wildman–Crippen LogP) is 7.16. The second-order valence-corrected chi connectivity index (χ2v) is 15.6. The van der Waals surface area contributed by atoms with Crippen LogP contribution < -0.4 is 10.4 Å². The van der Waals surface area contributed by atoms with Crippen molar-refractivity contribution in [1.82, 2.24) is 4.98 Å². The summed E-state index contributed by atoms with van der Waals surface area (Å²) < 4.78 is 32.5. The first-order chi connectivity index (χ1) is 24.9. The van der Waals surface area contributed by atoms with E-state index < -0.39 is 52.4 Å². The molecule has 2 saturated carbocycles. The van der Waals surface area contributed by atoms with Crippen LogP contribution in [0.3, 0.4) is 0 Å². The molecule has 0 spiro atoms. The van der Waals surface area contributed by atoms with Crippen molar-refractivity contribution >= 4 is 5.97 Å². The molecule has 2 aliphatic carbocycles. The Morgan fingerprint density at radius 1 is 1.02 bits per heavy atom. The first-order valence-electron chi connectivity index (χ1n) is 17.9. The number of aromatic nitrogens is 1. The summed E-state index contributed by atoms with van der Waals surface area (Å²) in [4.78, 5) is 31.8. The van der Waals surface area contributed by atoms with Gasteiger partial charge in [0, 0.05) is 40.9 Å². The normalized spacial score (nSPS) is 33.2. The van der Waals surface area contributed by atoms with Gasteiger partial charge in [-0.2, -0.15) is 5.26 Å². The van der Waals surface area contributed by atoms with E-state index in [0.29, 0.717) is 37.0 Å². The third-order valence-electron chi connectivity index (χ3n) is 12.6. The number of hydrogen-bond acceptors (Lipinski definition) is 10. The van der Waals surface area contributed by atoms with Gasteiger partial charge in [0.25, 0.3) is 0 Å². The van der Waals surface area contributed by atoms with E-state index >= 15 is 0 Å². The number of pyridine rings is 1. The Morgan fingerprint density at radius 3 is 2.46 bits per heavy atom. The molecule has 2 aliphatic heterocycles. The number of fused-ring (bicyclic) bond motifs is 6. The van der Waals surface area contributed by atoms with Gasteiger partial charge in [-0.1, -0.05) is 32.0 Å². The summed E-state index contributed by atoms with van der Waals surface area (Å²) in [5, 5.41) is 21.8. The zero-order valence-electron chi connectivity index (χ0n) is 29.9. The Kier molecular flexibility index (Phi) is 8.18. The van der Waals surface area contributed by atoms with Gasteiger partial charge in [-0.25, -0.2) is 9.59 Å². The number of aliphatic hydroxyl groups excluding tert-OH is 1. The Bertz CT molecular complexity index is 2120. The Balaban J connectivity index is 1.21. The van der Waals surface area contributed by atoms with E-state index in [1.807, 2.05) is 13.0 Å². The molecule has 2 aromatic carbocycles. The van der Waals surface area contributed by atoms with Crippen LogP contribution in [-0.2, 0) is 14.2 Å². The molecule has 2 aromatic heterocycles. The third kappa shape index (κ3) is 5.20. The van der Waals surface area contributed by atoms with Crippen molar-refractivity contribution in [2.75, 3.05) is 6.61 Å². The third-order valence-corrected chi connectivity index (χ3v) is 12.6. The Labute approximate surface area is 302 Å². The van der Waals surface area contributed by atoms with E-state index in [1.165, 1.54) is 0 Å². The molecule has 3 fully saturated rings. The van der Waals surface area contributed by atoms with Gasteiger partial charge in [0.2, 0.25) is 0 Å². The quantitative estimate of drug-likeness (QED) is 0.218. The van der Waals surface area contributed by atoms with Gasteiger partial charge in [0.1, 0.15) is 28.8 Å². The highest BCUT2D eigenvalue weighted by atomic mass is 16.7. The minimum atomic E-state index is -1.29. The van der Waals surface area contributed by atoms with Crippen LogP contribution >= 0.6 is 0 Å². The standard InChI is InChI=1S/C42H42N2O8/c1-23-8-6-9-24(2)33(23)39-48-22-41(4)30-19-32(50-37(46)26-13-11-25(20-43)12-14-26)42(5)36(40(30,3)16-15-31(41)51-39)35(45)34-29(52-42)18-28(49-38(34)47)27-10-7-17-44-21-27/h6-14,17-18,21,30-32,35-36,39,45H,15-16,19,22H2,1-5H3/t30?,31-,32-,35-,36?,39+,40-,41?,42+/m0/s1. The molecule has 52 heavy (non-hydrogen) atoms. The Morgan fingerprint density at radius 2 is 1.77 bits per heavy atom. The van der Waals surface area contributed by atoms with Gasteiger partial charge in [-0.3, -0.25) is 4.98 Å². The lowest BCUT2D eigenvalue weighted by Crippen LogP contribution is -2.72. The molecule has 8 rings (SSSR count). The number of hydrogen-bond donors (Lipinski definition) is 1. The zero-order valence-corrected chi connectivity index (χ0v) is 29.9. The van der Waals surface area contributed by atoms with Crippen LogP contribution in [0.2, 0.25) is 0 Å². The predicted molar refractivity (Wildman–Crippen MR) is 189 cm³/mol. The summed E-state index contributed by atoms with van der Waals surface area (Å²) in [7, 11) is 0. The second-order valence-electron chi connectivity index (χ2n) is 15.6. The van der Waals surface area contributed by atoms with Crippen LogP contribution in [0.25, 0.3) is 11.3 Å². The van der Waals surface area contributed by atoms with Gasteiger partial charge in [0.05, 0.1) is 36.0 Å². The second kappa shape index (κ2) is 12.4. The van der Waals surface area contributed by atoms with Gasteiger partial charge in [-0.15, -0.1) is 0 Å². The lowest BCUT2D eigenvalue weighted by atomic mass is 9.42. The molecule has 4 aliphatic rings. The molecule has 268 valence electrons. The van der Waals surface area contributed by atoms with Crippen LogP contribution in [0.5, 0.6) is 5.75 Å². The van der Waals surface area contributed by atoms with E-state index in [-0.39, 0.29) is 34.7 Å². The molecule has 10 heteroatoms. The molecule has 1 N–H and O–H groups in total. The molecular weight excluding hydrogens is 660 g/mol. The molecule has 0 bridgehead atoms. The van der Waals surface area contributed by atoms with Gasteiger partial charge >= 0.3 is 11.6 Å². The maximum atomic E-state index is 13.9. The molecular formula is C42H42N2O8. The highest BCUT2D eigenvalue weighted by Crippen LogP contribution is 2.68. The van der Waals surface area contributed by atoms with Crippen LogP contribution in [0.1, 0.15) is 90.6 Å². The average Bonchev–Trinajstić information content (AvgIpc) is 3.12. The number of benzene rings is 2. The van der Waals surface area contributed by atoms with E-state index in [0.717, 1.165) is 16.7 Å². The smallest absolute Gasteiger partial charge is 0.345 e. The number of esters is 1. The summed E-state index contributed by atoms with van der Waals surface area (Å²) in [5.74, 6) is -0.986. The molecule has 1 saturated heterocycles. The summed E-state index contributed by atoms with van der Waals surface area (Å²) in [6.07, 6.45) is 2.15. The van der Waals surface area contributed by atoms with Crippen molar-refractivity contribution in [3.05, 3.63) is 117 Å². The van der Waals surface area contributed by atoms with E-state index in [4.69, 9.17) is 23.4 Å². The number of carbonyl (C=O) groups excluding carboxylic acids is 1. The summed E-state index contributed by atoms with van der Waals surface area (Å²) in [6.45, 7) is 10.7. The monoisotopic (exact) mass is 702 g/mol. The van der Waals surface area contributed by atoms with Crippen molar-refractivity contribution in [3.8, 4) is 23.1 Å². The highest BCUT2D eigenvalue weighted by Gasteiger charge is 2.71. The topological polar surface area (TPSA) is 141 Å². The number of aliphatic hydroxyl groups is 1. The first-order valence-corrected chi connectivity index (χ1v) is 17.9. The largest absolute Gasteiger partial charge is 0.482 e.